The number of hydrogen-bond acceptors (Lipinski definition) is 3. The maximum Gasteiger partial charge on any atom is 0.410 e. The molecular formula is C24H29FN2O2. The maximum atomic E-state index is 14.0. The Kier molecular flexibility index (Phi) is 5.24. The van der Waals surface area contributed by atoms with Crippen molar-refractivity contribution in [3.8, 4) is 11.1 Å². The molecule has 5 heteroatoms. The average Bonchev–Trinajstić information content (AvgIpc) is 2.87. The zero-order chi connectivity index (χ0) is 20.6. The molecule has 0 aromatic heterocycles. The van der Waals surface area contributed by atoms with Gasteiger partial charge in [0.1, 0.15) is 11.4 Å². The van der Waals surface area contributed by atoms with Gasteiger partial charge in [0.15, 0.2) is 0 Å². The summed E-state index contributed by atoms with van der Waals surface area (Å²) in [5.41, 5.74) is 6.39. The molecule has 4 nitrogen and oxygen atoms in total. The van der Waals surface area contributed by atoms with Gasteiger partial charge in [-0.1, -0.05) is 18.2 Å². The molecule has 2 aromatic carbocycles. The highest BCUT2D eigenvalue weighted by molar-refractivity contribution is 5.85. The Morgan fingerprint density at radius 3 is 2.66 bits per heavy atom. The number of benzene rings is 2. The minimum Gasteiger partial charge on any atom is -0.444 e. The zero-order valence-electron chi connectivity index (χ0n) is 17.5. The molecule has 1 amide bonds. The Morgan fingerprint density at radius 1 is 1.10 bits per heavy atom. The largest absolute Gasteiger partial charge is 0.444 e. The van der Waals surface area contributed by atoms with Gasteiger partial charge in [-0.2, -0.15) is 0 Å². The Bertz CT molecular complexity index is 933. The van der Waals surface area contributed by atoms with E-state index < -0.39 is 5.60 Å². The predicted molar refractivity (Wildman–Crippen MR) is 114 cm³/mol. The summed E-state index contributed by atoms with van der Waals surface area (Å²) in [5, 5.41) is 3.56. The van der Waals surface area contributed by atoms with Gasteiger partial charge in [-0.15, -0.1) is 0 Å². The molecule has 0 spiro atoms. The van der Waals surface area contributed by atoms with Crippen LogP contribution in [0.1, 0.15) is 43.9 Å². The lowest BCUT2D eigenvalue weighted by molar-refractivity contribution is 0.0258. The quantitative estimate of drug-likeness (QED) is 0.722. The minimum atomic E-state index is -0.508. The molecule has 2 heterocycles. The monoisotopic (exact) mass is 396 g/mol. The number of rotatable bonds is 1. The van der Waals surface area contributed by atoms with Crippen LogP contribution in [0, 0.1) is 5.82 Å². The second-order valence-electron chi connectivity index (χ2n) is 8.93. The standard InChI is InChI=1S/C24H29FN2O2/c1-24(2,3)29-23(28)27-12-9-16-14-18-7-5-11-26-22(18)21(20(16)10-13-27)17-6-4-8-19(25)15-17/h4,6,8,14-15,26H,5,7,9-13H2,1-3H3. The summed E-state index contributed by atoms with van der Waals surface area (Å²) < 4.78 is 19.6. The number of fused-ring (bicyclic) bond motifs is 2. The van der Waals surface area contributed by atoms with Crippen LogP contribution in [0.2, 0.25) is 0 Å². The number of carbonyl (C=O) groups is 1. The van der Waals surface area contributed by atoms with Crippen molar-refractivity contribution in [1.29, 1.82) is 0 Å². The van der Waals surface area contributed by atoms with Gasteiger partial charge in [-0.25, -0.2) is 9.18 Å². The first kappa shape index (κ1) is 19.7. The number of hydrogen-bond donors (Lipinski definition) is 1. The number of amides is 1. The molecule has 0 aliphatic carbocycles. The molecule has 4 rings (SSSR count). The highest BCUT2D eigenvalue weighted by atomic mass is 19.1. The molecule has 0 atom stereocenters. The third-order valence-electron chi connectivity index (χ3n) is 5.58. The molecule has 2 aromatic rings. The highest BCUT2D eigenvalue weighted by Gasteiger charge is 2.27. The molecule has 1 N–H and O–H groups in total. The number of ether oxygens (including phenoxy) is 1. The van der Waals surface area contributed by atoms with Crippen LogP contribution in [0.15, 0.2) is 30.3 Å². The fraction of sp³-hybridized carbons (Fsp3) is 0.458. The molecule has 29 heavy (non-hydrogen) atoms. The highest BCUT2D eigenvalue weighted by Crippen LogP contribution is 2.40. The minimum absolute atomic E-state index is 0.228. The van der Waals surface area contributed by atoms with E-state index >= 15 is 0 Å². The summed E-state index contributed by atoms with van der Waals surface area (Å²) in [7, 11) is 0. The van der Waals surface area contributed by atoms with Gasteiger partial charge in [0.05, 0.1) is 0 Å². The second kappa shape index (κ2) is 7.69. The molecule has 0 fully saturated rings. The van der Waals surface area contributed by atoms with Crippen LogP contribution in [0.4, 0.5) is 14.9 Å². The fourth-order valence-electron chi connectivity index (χ4n) is 4.33. The van der Waals surface area contributed by atoms with E-state index in [1.807, 2.05) is 26.8 Å². The predicted octanol–water partition coefficient (Wildman–Crippen LogP) is 5.19. The Balaban J connectivity index is 1.73. The number of halogens is 1. The lowest BCUT2D eigenvalue weighted by Gasteiger charge is -2.26. The molecule has 154 valence electrons. The van der Waals surface area contributed by atoms with Crippen molar-refractivity contribution < 1.29 is 13.9 Å². The lowest BCUT2D eigenvalue weighted by atomic mass is 9.86. The summed E-state index contributed by atoms with van der Waals surface area (Å²) in [4.78, 5) is 14.4. The van der Waals surface area contributed by atoms with Gasteiger partial charge in [0, 0.05) is 30.9 Å². The van der Waals surface area contributed by atoms with Crippen LogP contribution >= 0.6 is 0 Å². The number of anilines is 1. The van der Waals surface area contributed by atoms with Gasteiger partial charge >= 0.3 is 6.09 Å². The smallest absolute Gasteiger partial charge is 0.410 e. The van der Waals surface area contributed by atoms with Crippen LogP contribution in [-0.4, -0.2) is 36.2 Å². The van der Waals surface area contributed by atoms with Crippen molar-refractivity contribution in [1.82, 2.24) is 4.90 Å². The summed E-state index contributed by atoms with van der Waals surface area (Å²) >= 11 is 0. The van der Waals surface area contributed by atoms with E-state index in [0.717, 1.165) is 49.0 Å². The Hall–Kier alpha value is -2.56. The molecule has 0 saturated carbocycles. The van der Waals surface area contributed by atoms with Gasteiger partial charge in [-0.3, -0.25) is 0 Å². The first-order chi connectivity index (χ1) is 13.8. The van der Waals surface area contributed by atoms with Crippen LogP contribution in [0.25, 0.3) is 11.1 Å². The van der Waals surface area contributed by atoms with Crippen LogP contribution in [-0.2, 0) is 24.0 Å². The van der Waals surface area contributed by atoms with Crippen LogP contribution in [0.3, 0.4) is 0 Å². The molecule has 0 bridgehead atoms. The van der Waals surface area contributed by atoms with Crippen molar-refractivity contribution >= 4 is 11.8 Å². The molecule has 2 aliphatic rings. The SMILES string of the molecule is CC(C)(C)OC(=O)N1CCc2cc3c(c(-c4cccc(F)c4)c2CC1)NCCC3. The fourth-order valence-corrected chi connectivity index (χ4v) is 4.33. The number of nitrogens with zero attached hydrogens (tertiary/aromatic N) is 1. The molecule has 0 radical (unpaired) electrons. The average molecular weight is 397 g/mol. The van der Waals surface area contributed by atoms with E-state index in [4.69, 9.17) is 4.74 Å². The maximum absolute atomic E-state index is 14.0. The third kappa shape index (κ3) is 4.24. The van der Waals surface area contributed by atoms with E-state index in [-0.39, 0.29) is 11.9 Å². The molecular weight excluding hydrogens is 367 g/mol. The second-order valence-corrected chi connectivity index (χ2v) is 8.93. The topological polar surface area (TPSA) is 41.6 Å². The Labute approximate surface area is 172 Å². The zero-order valence-corrected chi connectivity index (χ0v) is 17.5. The van der Waals surface area contributed by atoms with Gasteiger partial charge in [-0.05, 0) is 80.8 Å². The molecule has 0 saturated heterocycles. The van der Waals surface area contributed by atoms with Crippen molar-refractivity contribution in [3.63, 3.8) is 0 Å². The summed E-state index contributed by atoms with van der Waals surface area (Å²) in [6, 6.07) is 9.13. The van der Waals surface area contributed by atoms with E-state index in [2.05, 4.69) is 11.4 Å². The molecule has 2 aliphatic heterocycles. The first-order valence-corrected chi connectivity index (χ1v) is 10.5. The van der Waals surface area contributed by atoms with Crippen LogP contribution < -0.4 is 5.32 Å². The van der Waals surface area contributed by atoms with Crippen LogP contribution in [0.5, 0.6) is 0 Å². The first-order valence-electron chi connectivity index (χ1n) is 10.5. The summed E-state index contributed by atoms with van der Waals surface area (Å²) in [6.07, 6.45) is 3.37. The summed E-state index contributed by atoms with van der Waals surface area (Å²) in [6.45, 7) is 7.83. The Morgan fingerprint density at radius 2 is 1.90 bits per heavy atom. The van der Waals surface area contributed by atoms with Crippen molar-refractivity contribution in [3.05, 3.63) is 52.8 Å². The normalized spacial score (nSPS) is 16.3. The van der Waals surface area contributed by atoms with E-state index in [0.29, 0.717) is 13.1 Å². The van der Waals surface area contributed by atoms with Gasteiger partial charge in [0.25, 0.3) is 0 Å². The lowest BCUT2D eigenvalue weighted by Crippen LogP contribution is -2.38. The van der Waals surface area contributed by atoms with Gasteiger partial charge in [0.2, 0.25) is 0 Å². The van der Waals surface area contributed by atoms with Crippen molar-refractivity contribution in [2.24, 2.45) is 0 Å². The number of carbonyl (C=O) groups excluding carboxylic acids is 1. The molecule has 0 unspecified atom stereocenters. The van der Waals surface area contributed by atoms with Crippen molar-refractivity contribution in [2.45, 2.75) is 52.1 Å². The van der Waals surface area contributed by atoms with E-state index in [1.54, 1.807) is 17.0 Å². The van der Waals surface area contributed by atoms with E-state index in [1.165, 1.54) is 22.8 Å². The van der Waals surface area contributed by atoms with Gasteiger partial charge < -0.3 is 15.0 Å². The van der Waals surface area contributed by atoms with Crippen molar-refractivity contribution in [2.75, 3.05) is 25.0 Å². The third-order valence-corrected chi connectivity index (χ3v) is 5.58. The van der Waals surface area contributed by atoms with E-state index in [9.17, 15) is 9.18 Å². The number of aryl methyl sites for hydroxylation is 1. The number of nitrogens with one attached hydrogen (secondary N) is 1. The summed E-state index contributed by atoms with van der Waals surface area (Å²) in [5.74, 6) is -0.228.